The molecule has 0 N–H and O–H groups in total. The van der Waals surface area contributed by atoms with E-state index in [-0.39, 0.29) is 30.7 Å². The van der Waals surface area contributed by atoms with Gasteiger partial charge in [-0.15, -0.1) is 0 Å². The number of carbonyl (C=O) groups excluding carboxylic acids is 2. The number of benzene rings is 2. The molecule has 5 nitrogen and oxygen atoms in total. The first kappa shape index (κ1) is 22.9. The number of piperidine rings is 1. The third-order valence-electron chi connectivity index (χ3n) is 6.16. The van der Waals surface area contributed by atoms with Crippen molar-refractivity contribution >= 4 is 12.0 Å². The molecule has 2 aromatic carbocycles. The molecule has 1 aliphatic rings. The van der Waals surface area contributed by atoms with Gasteiger partial charge in [-0.2, -0.15) is 0 Å². The zero-order valence-electron chi connectivity index (χ0n) is 19.1. The summed E-state index contributed by atoms with van der Waals surface area (Å²) in [5, 5.41) is 0. The second-order valence-corrected chi connectivity index (χ2v) is 8.88. The Morgan fingerprint density at radius 3 is 1.94 bits per heavy atom. The minimum atomic E-state index is -0.619. The third-order valence-corrected chi connectivity index (χ3v) is 6.16. The molecule has 1 fully saturated rings. The smallest absolute Gasteiger partial charge is 0.410 e. The maximum Gasteiger partial charge on any atom is 0.410 e. The summed E-state index contributed by atoms with van der Waals surface area (Å²) in [5.41, 5.74) is 1.38. The van der Waals surface area contributed by atoms with E-state index in [1.807, 2.05) is 65.6 Å². The molecule has 2 amide bonds. The van der Waals surface area contributed by atoms with Crippen molar-refractivity contribution in [3.8, 4) is 0 Å². The Hall–Kier alpha value is -2.82. The van der Waals surface area contributed by atoms with E-state index in [0.29, 0.717) is 25.9 Å². The minimum Gasteiger partial charge on any atom is -0.445 e. The molecular weight excluding hydrogens is 388 g/mol. The maximum atomic E-state index is 13.9. The quantitative estimate of drug-likeness (QED) is 0.658. The molecule has 0 radical (unpaired) electrons. The van der Waals surface area contributed by atoms with E-state index in [9.17, 15) is 9.59 Å². The average molecular weight is 423 g/mol. The van der Waals surface area contributed by atoms with E-state index in [4.69, 9.17) is 4.74 Å². The van der Waals surface area contributed by atoms with Crippen molar-refractivity contribution in [1.29, 1.82) is 0 Å². The van der Waals surface area contributed by atoms with Crippen molar-refractivity contribution in [3.63, 3.8) is 0 Å². The highest BCUT2D eigenvalue weighted by Gasteiger charge is 2.46. The molecule has 1 aliphatic heterocycles. The Morgan fingerprint density at radius 1 is 0.903 bits per heavy atom. The summed E-state index contributed by atoms with van der Waals surface area (Å²) in [7, 11) is 0. The van der Waals surface area contributed by atoms with Crippen LogP contribution in [0.25, 0.3) is 0 Å². The number of ether oxygens (including phenoxy) is 1. The summed E-state index contributed by atoms with van der Waals surface area (Å²) in [6.45, 7) is 9.50. The van der Waals surface area contributed by atoms with Gasteiger partial charge in [-0.05, 0) is 51.7 Å². The minimum absolute atomic E-state index is 0.113. The van der Waals surface area contributed by atoms with Gasteiger partial charge in [-0.1, -0.05) is 60.7 Å². The Kier molecular flexibility index (Phi) is 7.37. The highest BCUT2D eigenvalue weighted by molar-refractivity contribution is 5.89. The molecule has 1 heterocycles. The molecule has 1 saturated heterocycles. The molecule has 31 heavy (non-hydrogen) atoms. The largest absolute Gasteiger partial charge is 0.445 e. The SMILES string of the molecule is CC(C)N(C(=O)C1(c2ccccc2)CCN(C(=O)OCc2ccccc2)CC1)C(C)C. The normalized spacial score (nSPS) is 15.7. The van der Waals surface area contributed by atoms with Gasteiger partial charge in [-0.25, -0.2) is 4.79 Å². The Morgan fingerprint density at radius 2 is 1.42 bits per heavy atom. The van der Waals surface area contributed by atoms with Gasteiger partial charge >= 0.3 is 6.09 Å². The maximum absolute atomic E-state index is 13.9. The number of nitrogens with zero attached hydrogens (tertiary/aromatic N) is 2. The monoisotopic (exact) mass is 422 g/mol. The molecule has 0 atom stereocenters. The van der Waals surface area contributed by atoms with Crippen LogP contribution in [0.4, 0.5) is 4.79 Å². The fraction of sp³-hybridized carbons (Fsp3) is 0.462. The fourth-order valence-electron chi connectivity index (χ4n) is 4.58. The number of carbonyl (C=O) groups is 2. The predicted octanol–water partition coefficient (Wildman–Crippen LogP) is 5.00. The molecule has 166 valence electrons. The lowest BCUT2D eigenvalue weighted by molar-refractivity contribution is -0.143. The first-order chi connectivity index (χ1) is 14.8. The molecule has 0 saturated carbocycles. The van der Waals surface area contributed by atoms with Gasteiger partial charge in [0.15, 0.2) is 0 Å². The van der Waals surface area contributed by atoms with Crippen molar-refractivity contribution < 1.29 is 14.3 Å². The Bertz CT molecular complexity index is 849. The summed E-state index contributed by atoms with van der Waals surface area (Å²) in [5.74, 6) is 0.154. The molecule has 5 heteroatoms. The van der Waals surface area contributed by atoms with E-state index in [2.05, 4.69) is 27.7 Å². The molecule has 0 bridgehead atoms. The lowest BCUT2D eigenvalue weighted by Crippen LogP contribution is -2.56. The van der Waals surface area contributed by atoms with Crippen molar-refractivity contribution in [1.82, 2.24) is 9.80 Å². The highest BCUT2D eigenvalue weighted by atomic mass is 16.6. The van der Waals surface area contributed by atoms with Crippen LogP contribution >= 0.6 is 0 Å². The zero-order chi connectivity index (χ0) is 22.4. The Labute approximate surface area is 186 Å². The lowest BCUT2D eigenvalue weighted by Gasteiger charge is -2.45. The number of likely N-dealkylation sites (tertiary alicyclic amines) is 1. The molecule has 3 rings (SSSR count). The van der Waals surface area contributed by atoms with E-state index in [1.165, 1.54) is 0 Å². The van der Waals surface area contributed by atoms with Gasteiger partial charge in [0.2, 0.25) is 5.91 Å². The summed E-state index contributed by atoms with van der Waals surface area (Å²) < 4.78 is 5.52. The van der Waals surface area contributed by atoms with Crippen molar-refractivity contribution in [3.05, 3.63) is 71.8 Å². The summed E-state index contributed by atoms with van der Waals surface area (Å²) in [4.78, 5) is 30.2. The van der Waals surface area contributed by atoms with Crippen LogP contribution in [-0.4, -0.2) is 47.0 Å². The molecule has 2 aromatic rings. The van der Waals surface area contributed by atoms with Crippen LogP contribution in [-0.2, 0) is 21.6 Å². The number of hydrogen-bond acceptors (Lipinski definition) is 3. The van der Waals surface area contributed by atoms with E-state index in [1.54, 1.807) is 4.90 Å². The van der Waals surface area contributed by atoms with Gasteiger partial charge in [-0.3, -0.25) is 4.79 Å². The van der Waals surface area contributed by atoms with Crippen molar-refractivity contribution in [2.45, 2.75) is 64.6 Å². The van der Waals surface area contributed by atoms with E-state index >= 15 is 0 Å². The van der Waals surface area contributed by atoms with Gasteiger partial charge in [0, 0.05) is 25.2 Å². The standard InChI is InChI=1S/C26H34N2O3/c1-20(2)28(21(3)4)24(29)26(23-13-9-6-10-14-23)15-17-27(18-16-26)25(30)31-19-22-11-7-5-8-12-22/h5-14,20-21H,15-19H2,1-4H3. The number of amides is 2. The first-order valence-corrected chi connectivity index (χ1v) is 11.2. The van der Waals surface area contributed by atoms with Crippen LogP contribution in [0.3, 0.4) is 0 Å². The van der Waals surface area contributed by atoms with Crippen LogP contribution in [0.15, 0.2) is 60.7 Å². The fourth-order valence-corrected chi connectivity index (χ4v) is 4.58. The van der Waals surface area contributed by atoms with Crippen LogP contribution in [0.1, 0.15) is 51.7 Å². The second-order valence-electron chi connectivity index (χ2n) is 8.88. The molecule has 0 aromatic heterocycles. The van der Waals surface area contributed by atoms with Crippen LogP contribution in [0.2, 0.25) is 0 Å². The Balaban J connectivity index is 1.76. The molecular formula is C26H34N2O3. The average Bonchev–Trinajstić information content (AvgIpc) is 2.78. The van der Waals surface area contributed by atoms with Gasteiger partial charge in [0.1, 0.15) is 6.61 Å². The van der Waals surface area contributed by atoms with Gasteiger partial charge in [0.25, 0.3) is 0 Å². The first-order valence-electron chi connectivity index (χ1n) is 11.2. The second kappa shape index (κ2) is 9.99. The van der Waals surface area contributed by atoms with Crippen LogP contribution in [0.5, 0.6) is 0 Å². The summed E-state index contributed by atoms with van der Waals surface area (Å²) >= 11 is 0. The third kappa shape index (κ3) is 5.09. The zero-order valence-corrected chi connectivity index (χ0v) is 19.1. The number of hydrogen-bond donors (Lipinski definition) is 0. The highest BCUT2D eigenvalue weighted by Crippen LogP contribution is 2.38. The van der Waals surface area contributed by atoms with E-state index < -0.39 is 5.41 Å². The number of rotatable bonds is 6. The van der Waals surface area contributed by atoms with Crippen LogP contribution < -0.4 is 0 Å². The lowest BCUT2D eigenvalue weighted by atomic mass is 9.71. The van der Waals surface area contributed by atoms with Crippen molar-refractivity contribution in [2.24, 2.45) is 0 Å². The predicted molar refractivity (Wildman–Crippen MR) is 123 cm³/mol. The summed E-state index contributed by atoms with van der Waals surface area (Å²) in [6.07, 6.45) is 0.862. The van der Waals surface area contributed by atoms with Crippen molar-refractivity contribution in [2.75, 3.05) is 13.1 Å². The van der Waals surface area contributed by atoms with Gasteiger partial charge in [0.05, 0.1) is 5.41 Å². The molecule has 0 spiro atoms. The topological polar surface area (TPSA) is 49.9 Å². The van der Waals surface area contributed by atoms with Gasteiger partial charge < -0.3 is 14.5 Å². The molecule has 0 unspecified atom stereocenters. The van der Waals surface area contributed by atoms with Crippen LogP contribution in [0, 0.1) is 0 Å². The molecule has 0 aliphatic carbocycles. The summed E-state index contributed by atoms with van der Waals surface area (Å²) in [6, 6.07) is 19.9. The van der Waals surface area contributed by atoms with E-state index in [0.717, 1.165) is 11.1 Å².